The van der Waals surface area contributed by atoms with Gasteiger partial charge in [0.05, 0.1) is 6.04 Å². The molecular formula is C27H31N3O7. The Morgan fingerprint density at radius 3 is 2.16 bits per heavy atom. The van der Waals surface area contributed by atoms with Crippen molar-refractivity contribution in [2.75, 3.05) is 19.7 Å². The van der Waals surface area contributed by atoms with Gasteiger partial charge in [-0.1, -0.05) is 48.5 Å². The normalized spacial score (nSPS) is 18.5. The van der Waals surface area contributed by atoms with Crippen LogP contribution in [0.25, 0.3) is 11.1 Å². The molecule has 0 saturated carbocycles. The van der Waals surface area contributed by atoms with Crippen molar-refractivity contribution in [2.45, 2.75) is 50.8 Å². The molecule has 2 aliphatic rings. The number of nitrogens with one attached hydrogen (secondary N) is 2. The Bertz CT molecular complexity index is 1160. The lowest BCUT2D eigenvalue weighted by Gasteiger charge is -2.22. The number of hydrogen-bond acceptors (Lipinski definition) is 6. The second-order valence-corrected chi connectivity index (χ2v) is 10.2. The van der Waals surface area contributed by atoms with Crippen LogP contribution in [0.2, 0.25) is 0 Å². The molecule has 0 spiro atoms. The van der Waals surface area contributed by atoms with Gasteiger partial charge in [0.25, 0.3) is 0 Å². The van der Waals surface area contributed by atoms with Crippen LogP contribution in [0, 0.1) is 0 Å². The van der Waals surface area contributed by atoms with Crippen LogP contribution in [0.1, 0.15) is 44.2 Å². The lowest BCUT2D eigenvalue weighted by molar-refractivity contribution is -0.153. The van der Waals surface area contributed by atoms with Crippen molar-refractivity contribution in [1.29, 1.82) is 0 Å². The summed E-state index contributed by atoms with van der Waals surface area (Å²) in [5, 5.41) is 14.7. The van der Waals surface area contributed by atoms with Crippen molar-refractivity contribution in [2.24, 2.45) is 0 Å². The molecule has 0 unspecified atom stereocenters. The van der Waals surface area contributed by atoms with Gasteiger partial charge in [-0.15, -0.1) is 0 Å². The average Bonchev–Trinajstić information content (AvgIpc) is 3.40. The SMILES string of the molecule is CC(C)(C)OC(=O)CNC(=O)N[C@H]1C[C@@H](C(=O)O)N(C(=O)OCC2c3ccccc3-c3ccccc32)C1. The molecule has 10 nitrogen and oxygen atoms in total. The van der Waals surface area contributed by atoms with Crippen LogP contribution in [0.15, 0.2) is 48.5 Å². The van der Waals surface area contributed by atoms with Gasteiger partial charge in [0.1, 0.15) is 24.8 Å². The van der Waals surface area contributed by atoms with E-state index in [2.05, 4.69) is 10.6 Å². The molecular weight excluding hydrogens is 478 g/mol. The maximum absolute atomic E-state index is 13.0. The molecule has 37 heavy (non-hydrogen) atoms. The molecule has 1 saturated heterocycles. The number of carboxylic acid groups (broad SMARTS) is 1. The number of carbonyl (C=O) groups excluding carboxylic acids is 3. The van der Waals surface area contributed by atoms with E-state index in [9.17, 15) is 24.3 Å². The molecule has 2 aromatic rings. The van der Waals surface area contributed by atoms with E-state index in [-0.39, 0.29) is 32.0 Å². The lowest BCUT2D eigenvalue weighted by Crippen LogP contribution is -2.46. The molecule has 1 heterocycles. The van der Waals surface area contributed by atoms with Gasteiger partial charge in [0.2, 0.25) is 0 Å². The quantitative estimate of drug-likeness (QED) is 0.510. The fraction of sp³-hybridized carbons (Fsp3) is 0.407. The highest BCUT2D eigenvalue weighted by molar-refractivity contribution is 5.83. The summed E-state index contributed by atoms with van der Waals surface area (Å²) in [6.45, 7) is 4.83. The van der Waals surface area contributed by atoms with E-state index in [4.69, 9.17) is 9.47 Å². The van der Waals surface area contributed by atoms with E-state index in [0.29, 0.717) is 0 Å². The first-order valence-corrected chi connectivity index (χ1v) is 12.1. The van der Waals surface area contributed by atoms with E-state index in [0.717, 1.165) is 27.2 Å². The average molecular weight is 510 g/mol. The number of carboxylic acids is 1. The van der Waals surface area contributed by atoms with Gasteiger partial charge in [0, 0.05) is 18.9 Å². The molecule has 0 radical (unpaired) electrons. The molecule has 2 aromatic carbocycles. The number of aliphatic carboxylic acids is 1. The molecule has 196 valence electrons. The number of urea groups is 1. The number of amides is 3. The minimum absolute atomic E-state index is 0.0133. The Kier molecular flexibility index (Phi) is 7.37. The van der Waals surface area contributed by atoms with Crippen molar-refractivity contribution in [1.82, 2.24) is 15.5 Å². The molecule has 1 fully saturated rings. The second kappa shape index (κ2) is 10.5. The van der Waals surface area contributed by atoms with Crippen LogP contribution in [0.5, 0.6) is 0 Å². The number of carbonyl (C=O) groups is 4. The van der Waals surface area contributed by atoms with E-state index in [1.54, 1.807) is 20.8 Å². The highest BCUT2D eigenvalue weighted by Crippen LogP contribution is 2.44. The number of ether oxygens (including phenoxy) is 2. The molecule has 1 aliphatic carbocycles. The fourth-order valence-corrected chi connectivity index (χ4v) is 4.82. The van der Waals surface area contributed by atoms with Gasteiger partial charge in [0.15, 0.2) is 0 Å². The van der Waals surface area contributed by atoms with Crippen LogP contribution in [-0.2, 0) is 19.1 Å². The first kappa shape index (κ1) is 26.0. The van der Waals surface area contributed by atoms with Crippen molar-refractivity contribution in [3.05, 3.63) is 59.7 Å². The second-order valence-electron chi connectivity index (χ2n) is 10.2. The topological polar surface area (TPSA) is 134 Å². The number of likely N-dealkylation sites (tertiary alicyclic amines) is 1. The first-order chi connectivity index (χ1) is 17.5. The maximum Gasteiger partial charge on any atom is 0.410 e. The fourth-order valence-electron chi connectivity index (χ4n) is 4.82. The van der Waals surface area contributed by atoms with Gasteiger partial charge < -0.3 is 25.2 Å². The summed E-state index contributed by atoms with van der Waals surface area (Å²) in [5.74, 6) is -1.94. The molecule has 3 amide bonds. The third-order valence-corrected chi connectivity index (χ3v) is 6.31. The predicted octanol–water partition coefficient (Wildman–Crippen LogP) is 3.10. The minimum atomic E-state index is -1.19. The van der Waals surface area contributed by atoms with Gasteiger partial charge in [-0.2, -0.15) is 0 Å². The molecule has 1 aliphatic heterocycles. The molecule has 10 heteroatoms. The van der Waals surface area contributed by atoms with Crippen molar-refractivity contribution < 1.29 is 33.8 Å². The number of benzene rings is 2. The first-order valence-electron chi connectivity index (χ1n) is 12.1. The molecule has 4 rings (SSSR count). The van der Waals surface area contributed by atoms with E-state index in [1.807, 2.05) is 48.5 Å². The van der Waals surface area contributed by atoms with Crippen molar-refractivity contribution in [3.63, 3.8) is 0 Å². The summed E-state index contributed by atoms with van der Waals surface area (Å²) >= 11 is 0. The Labute approximate surface area is 214 Å². The minimum Gasteiger partial charge on any atom is -0.480 e. The van der Waals surface area contributed by atoms with Gasteiger partial charge >= 0.3 is 24.1 Å². The Morgan fingerprint density at radius 2 is 1.59 bits per heavy atom. The lowest BCUT2D eigenvalue weighted by atomic mass is 9.98. The summed E-state index contributed by atoms with van der Waals surface area (Å²) in [5.41, 5.74) is 3.59. The number of nitrogens with zero attached hydrogens (tertiary/aromatic N) is 1. The largest absolute Gasteiger partial charge is 0.480 e. The zero-order chi connectivity index (χ0) is 26.7. The Balaban J connectivity index is 1.35. The number of fused-ring (bicyclic) bond motifs is 3. The summed E-state index contributed by atoms with van der Waals surface area (Å²) < 4.78 is 10.8. The maximum atomic E-state index is 13.0. The Morgan fingerprint density at radius 1 is 1.00 bits per heavy atom. The summed E-state index contributed by atoms with van der Waals surface area (Å²) in [6.07, 6.45) is -0.743. The zero-order valence-corrected chi connectivity index (χ0v) is 21.0. The molecule has 2 atom stereocenters. The number of rotatable bonds is 6. The summed E-state index contributed by atoms with van der Waals surface area (Å²) in [4.78, 5) is 50.0. The van der Waals surface area contributed by atoms with Gasteiger partial charge in [-0.3, -0.25) is 9.69 Å². The molecule has 0 bridgehead atoms. The van der Waals surface area contributed by atoms with Crippen molar-refractivity contribution >= 4 is 24.1 Å². The van der Waals surface area contributed by atoms with Crippen molar-refractivity contribution in [3.8, 4) is 11.1 Å². The van der Waals surface area contributed by atoms with E-state index < -0.39 is 41.7 Å². The van der Waals surface area contributed by atoms with E-state index in [1.165, 1.54) is 0 Å². The monoisotopic (exact) mass is 509 g/mol. The highest BCUT2D eigenvalue weighted by atomic mass is 16.6. The van der Waals surface area contributed by atoms with Crippen LogP contribution in [-0.4, -0.2) is 71.5 Å². The van der Waals surface area contributed by atoms with E-state index >= 15 is 0 Å². The Hall–Kier alpha value is -4.08. The highest BCUT2D eigenvalue weighted by Gasteiger charge is 2.42. The number of hydrogen-bond donors (Lipinski definition) is 3. The van der Waals surface area contributed by atoms with Crippen LogP contribution in [0.4, 0.5) is 9.59 Å². The molecule has 3 N–H and O–H groups in total. The van der Waals surface area contributed by atoms with Crippen LogP contribution >= 0.6 is 0 Å². The third kappa shape index (κ3) is 6.02. The molecule has 0 aromatic heterocycles. The van der Waals surface area contributed by atoms with Crippen LogP contribution < -0.4 is 10.6 Å². The van der Waals surface area contributed by atoms with Gasteiger partial charge in [-0.25, -0.2) is 14.4 Å². The smallest absolute Gasteiger partial charge is 0.410 e. The van der Waals surface area contributed by atoms with Crippen LogP contribution in [0.3, 0.4) is 0 Å². The third-order valence-electron chi connectivity index (χ3n) is 6.31. The summed E-state index contributed by atoms with van der Waals surface area (Å²) in [6, 6.07) is 13.4. The van der Waals surface area contributed by atoms with Gasteiger partial charge in [-0.05, 0) is 43.0 Å². The number of esters is 1. The summed E-state index contributed by atoms with van der Waals surface area (Å²) in [7, 11) is 0. The predicted molar refractivity (Wildman–Crippen MR) is 134 cm³/mol. The standard InChI is InChI=1S/C27H31N3O7/c1-27(2,3)37-23(31)13-28-25(34)29-16-12-22(24(32)33)30(14-16)26(35)36-15-21-19-10-6-4-8-17(19)18-9-5-7-11-20(18)21/h4-11,16,21-22H,12-15H2,1-3H3,(H,32,33)(H2,28,29,34)/t16-,22-/m0/s1. The zero-order valence-electron chi connectivity index (χ0n) is 21.0.